The Morgan fingerprint density at radius 1 is 1.42 bits per heavy atom. The second kappa shape index (κ2) is 7.89. The maximum absolute atomic E-state index is 11.7. The number of amides is 1. The second-order valence-corrected chi connectivity index (χ2v) is 5.00. The molecule has 0 aliphatic rings. The van der Waals surface area contributed by atoms with Crippen molar-refractivity contribution in [2.24, 2.45) is 0 Å². The number of carbonyl (C=O) groups excluding carboxylic acids is 1. The van der Waals surface area contributed by atoms with Crippen LogP contribution in [0.15, 0.2) is 0 Å². The zero-order chi connectivity index (χ0) is 14.3. The Morgan fingerprint density at radius 3 is 2.74 bits per heavy atom. The van der Waals surface area contributed by atoms with Crippen LogP contribution in [-0.2, 0) is 6.42 Å². The summed E-state index contributed by atoms with van der Waals surface area (Å²) in [5.74, 6) is 0.771. The predicted octanol–water partition coefficient (Wildman–Crippen LogP) is 1.22. The third-order valence-corrected chi connectivity index (χ3v) is 3.17. The van der Waals surface area contributed by atoms with E-state index in [4.69, 9.17) is 0 Å². The largest absolute Gasteiger partial charge is 0.349 e. The number of nitrogens with one attached hydrogen (secondary N) is 2. The molecule has 0 unspecified atom stereocenters. The lowest BCUT2D eigenvalue weighted by Crippen LogP contribution is -2.29. The Bertz CT molecular complexity index is 388. The van der Waals surface area contributed by atoms with Crippen molar-refractivity contribution in [1.29, 1.82) is 0 Å². The molecule has 108 valence electrons. The number of aromatic amines is 1. The van der Waals surface area contributed by atoms with E-state index in [1.165, 1.54) is 0 Å². The average Bonchev–Trinajstić information content (AvgIpc) is 2.86. The van der Waals surface area contributed by atoms with Gasteiger partial charge in [-0.3, -0.25) is 9.89 Å². The van der Waals surface area contributed by atoms with Crippen molar-refractivity contribution in [3.63, 3.8) is 0 Å². The van der Waals surface area contributed by atoms with Crippen LogP contribution in [0, 0.1) is 0 Å². The van der Waals surface area contributed by atoms with E-state index in [1.807, 2.05) is 6.92 Å². The van der Waals surface area contributed by atoms with Gasteiger partial charge in [0.15, 0.2) is 0 Å². The van der Waals surface area contributed by atoms with E-state index in [0.29, 0.717) is 12.6 Å². The molecule has 0 atom stereocenters. The highest BCUT2D eigenvalue weighted by molar-refractivity contribution is 5.90. The second-order valence-electron chi connectivity index (χ2n) is 5.00. The van der Waals surface area contributed by atoms with Gasteiger partial charge in [-0.1, -0.05) is 6.92 Å². The summed E-state index contributed by atoms with van der Waals surface area (Å²) in [5, 5.41) is 9.45. The number of aryl methyl sites for hydroxylation is 1. The molecule has 19 heavy (non-hydrogen) atoms. The van der Waals surface area contributed by atoms with Crippen LogP contribution in [-0.4, -0.2) is 52.2 Å². The molecule has 0 aliphatic heterocycles. The van der Waals surface area contributed by atoms with Crippen LogP contribution in [0.4, 0.5) is 0 Å². The van der Waals surface area contributed by atoms with Gasteiger partial charge in [0.25, 0.3) is 5.91 Å². The van der Waals surface area contributed by atoms with Crippen molar-refractivity contribution >= 4 is 5.91 Å². The fourth-order valence-corrected chi connectivity index (χ4v) is 1.58. The summed E-state index contributed by atoms with van der Waals surface area (Å²) in [6.45, 7) is 8.04. The predicted molar refractivity (Wildman–Crippen MR) is 75.1 cm³/mol. The normalized spacial score (nSPS) is 11.3. The standard InChI is InChI=1S/C13H25N5O/c1-5-11-15-12(17-16-11)13(19)14-8-6-7-9-18(4)10(2)3/h10H,5-9H2,1-4H3,(H,14,19)(H,15,16,17). The van der Waals surface area contributed by atoms with Gasteiger partial charge in [0.05, 0.1) is 0 Å². The molecule has 6 heteroatoms. The molecular formula is C13H25N5O. The lowest BCUT2D eigenvalue weighted by atomic mass is 10.2. The van der Waals surface area contributed by atoms with E-state index in [2.05, 4.69) is 46.3 Å². The number of hydrogen-bond donors (Lipinski definition) is 2. The first-order chi connectivity index (χ1) is 9.04. The average molecular weight is 267 g/mol. The number of hydrogen-bond acceptors (Lipinski definition) is 4. The number of unbranched alkanes of at least 4 members (excludes halogenated alkanes) is 1. The summed E-state index contributed by atoms with van der Waals surface area (Å²) in [7, 11) is 2.11. The van der Waals surface area contributed by atoms with Gasteiger partial charge < -0.3 is 10.2 Å². The van der Waals surface area contributed by atoms with E-state index < -0.39 is 0 Å². The fraction of sp³-hybridized carbons (Fsp3) is 0.769. The van der Waals surface area contributed by atoms with Crippen LogP contribution < -0.4 is 5.32 Å². The SMILES string of the molecule is CCc1nc(C(=O)NCCCCN(C)C(C)C)n[nH]1. The van der Waals surface area contributed by atoms with Crippen molar-refractivity contribution in [3.8, 4) is 0 Å². The first-order valence-corrected chi connectivity index (χ1v) is 6.94. The Labute approximate surface area is 115 Å². The lowest BCUT2D eigenvalue weighted by molar-refractivity contribution is 0.0942. The van der Waals surface area contributed by atoms with Crippen LogP contribution in [0.2, 0.25) is 0 Å². The molecule has 1 aromatic rings. The van der Waals surface area contributed by atoms with Crippen molar-refractivity contribution in [3.05, 3.63) is 11.6 Å². The number of rotatable bonds is 8. The minimum atomic E-state index is -0.201. The van der Waals surface area contributed by atoms with Gasteiger partial charge in [-0.05, 0) is 40.3 Å². The van der Waals surface area contributed by atoms with Crippen LogP contribution in [0.5, 0.6) is 0 Å². The Morgan fingerprint density at radius 2 is 2.16 bits per heavy atom. The van der Waals surface area contributed by atoms with E-state index in [0.717, 1.165) is 31.6 Å². The number of nitrogens with zero attached hydrogens (tertiary/aromatic N) is 3. The van der Waals surface area contributed by atoms with Crippen LogP contribution in [0.3, 0.4) is 0 Å². The zero-order valence-corrected chi connectivity index (χ0v) is 12.4. The van der Waals surface area contributed by atoms with Gasteiger partial charge in [0.2, 0.25) is 5.82 Å². The molecule has 0 bridgehead atoms. The highest BCUT2D eigenvalue weighted by Gasteiger charge is 2.10. The van der Waals surface area contributed by atoms with Gasteiger partial charge in [0, 0.05) is 19.0 Å². The molecule has 1 rings (SSSR count). The van der Waals surface area contributed by atoms with Crippen LogP contribution in [0.25, 0.3) is 0 Å². The Hall–Kier alpha value is -1.43. The minimum Gasteiger partial charge on any atom is -0.349 e. The van der Waals surface area contributed by atoms with Crippen molar-refractivity contribution in [1.82, 2.24) is 25.4 Å². The molecule has 0 aliphatic carbocycles. The van der Waals surface area contributed by atoms with Crippen molar-refractivity contribution in [2.45, 2.75) is 46.1 Å². The summed E-state index contributed by atoms with van der Waals surface area (Å²) >= 11 is 0. The maximum atomic E-state index is 11.7. The molecule has 1 heterocycles. The van der Waals surface area contributed by atoms with E-state index in [1.54, 1.807) is 0 Å². The van der Waals surface area contributed by atoms with Crippen molar-refractivity contribution < 1.29 is 4.79 Å². The molecule has 6 nitrogen and oxygen atoms in total. The zero-order valence-electron chi connectivity index (χ0n) is 12.4. The van der Waals surface area contributed by atoms with Gasteiger partial charge >= 0.3 is 0 Å². The molecule has 0 radical (unpaired) electrons. The Balaban J connectivity index is 2.17. The van der Waals surface area contributed by atoms with E-state index in [-0.39, 0.29) is 11.7 Å². The highest BCUT2D eigenvalue weighted by atomic mass is 16.2. The van der Waals surface area contributed by atoms with Gasteiger partial charge in [-0.15, -0.1) is 5.10 Å². The molecule has 0 saturated heterocycles. The van der Waals surface area contributed by atoms with Crippen LogP contribution >= 0.6 is 0 Å². The number of H-pyrrole nitrogens is 1. The topological polar surface area (TPSA) is 73.9 Å². The first-order valence-electron chi connectivity index (χ1n) is 6.94. The van der Waals surface area contributed by atoms with Crippen molar-refractivity contribution in [2.75, 3.05) is 20.1 Å². The Kier molecular flexibility index (Phi) is 6.49. The molecule has 0 aromatic carbocycles. The molecule has 0 saturated carbocycles. The fourth-order valence-electron chi connectivity index (χ4n) is 1.58. The summed E-state index contributed by atoms with van der Waals surface area (Å²) < 4.78 is 0. The molecule has 1 aromatic heterocycles. The van der Waals surface area contributed by atoms with Gasteiger partial charge in [0.1, 0.15) is 5.82 Å². The quantitative estimate of drug-likeness (QED) is 0.694. The minimum absolute atomic E-state index is 0.201. The highest BCUT2D eigenvalue weighted by Crippen LogP contribution is 1.98. The molecule has 0 spiro atoms. The third kappa shape index (κ3) is 5.38. The van der Waals surface area contributed by atoms with E-state index in [9.17, 15) is 4.79 Å². The molecular weight excluding hydrogens is 242 g/mol. The third-order valence-electron chi connectivity index (χ3n) is 3.17. The first kappa shape index (κ1) is 15.6. The van der Waals surface area contributed by atoms with Gasteiger partial charge in [-0.2, -0.15) is 0 Å². The maximum Gasteiger partial charge on any atom is 0.290 e. The molecule has 0 fully saturated rings. The number of carbonyl (C=O) groups is 1. The number of aromatic nitrogens is 3. The van der Waals surface area contributed by atoms with Crippen LogP contribution in [0.1, 0.15) is 50.1 Å². The molecule has 2 N–H and O–H groups in total. The molecule has 1 amide bonds. The van der Waals surface area contributed by atoms with E-state index >= 15 is 0 Å². The summed E-state index contributed by atoms with van der Waals surface area (Å²) in [6.07, 6.45) is 2.79. The summed E-state index contributed by atoms with van der Waals surface area (Å²) in [6, 6.07) is 0.565. The smallest absolute Gasteiger partial charge is 0.290 e. The lowest BCUT2D eigenvalue weighted by Gasteiger charge is -2.20. The monoisotopic (exact) mass is 267 g/mol. The summed E-state index contributed by atoms with van der Waals surface area (Å²) in [4.78, 5) is 18.1. The summed E-state index contributed by atoms with van der Waals surface area (Å²) in [5.41, 5.74) is 0. The van der Waals surface area contributed by atoms with Gasteiger partial charge in [-0.25, -0.2) is 4.98 Å².